The van der Waals surface area contributed by atoms with Gasteiger partial charge in [-0.05, 0) is 46.1 Å². The molecule has 2 nitrogen and oxygen atoms in total. The lowest BCUT2D eigenvalue weighted by Crippen LogP contribution is -2.17. The van der Waals surface area contributed by atoms with E-state index in [2.05, 4.69) is 24.1 Å². The largest absolute Gasteiger partial charge is 0.320 e. The Bertz CT molecular complexity index is 66.0. The van der Waals surface area contributed by atoms with Gasteiger partial charge >= 0.3 is 0 Å². The summed E-state index contributed by atoms with van der Waals surface area (Å²) in [5.41, 5.74) is 0. The Balaban J connectivity index is 0.000000218. The van der Waals surface area contributed by atoms with Crippen molar-refractivity contribution in [1.82, 2.24) is 10.2 Å². The molecule has 1 saturated heterocycles. The molecule has 0 amide bonds. The van der Waals surface area contributed by atoms with Crippen LogP contribution in [0.25, 0.3) is 0 Å². The highest BCUT2D eigenvalue weighted by molar-refractivity contribution is 4.62. The number of nitrogens with zero attached hydrogens (tertiary/aromatic N) is 1. The van der Waals surface area contributed by atoms with Crippen molar-refractivity contribution in [3.8, 4) is 0 Å². The Morgan fingerprint density at radius 2 is 1.64 bits per heavy atom. The Morgan fingerprint density at radius 3 is 1.82 bits per heavy atom. The summed E-state index contributed by atoms with van der Waals surface area (Å²) >= 11 is 0. The van der Waals surface area contributed by atoms with Crippen LogP contribution in [0.4, 0.5) is 0 Å². The van der Waals surface area contributed by atoms with Crippen molar-refractivity contribution in [1.29, 1.82) is 0 Å². The first-order valence-electron chi connectivity index (χ1n) is 4.72. The quantitative estimate of drug-likeness (QED) is 0.652. The first kappa shape index (κ1) is 10.9. The van der Waals surface area contributed by atoms with Gasteiger partial charge in [-0.15, -0.1) is 0 Å². The van der Waals surface area contributed by atoms with E-state index in [1.165, 1.54) is 32.5 Å². The number of likely N-dealkylation sites (tertiary alicyclic amines) is 1. The highest BCUT2D eigenvalue weighted by Gasteiger charge is 2.06. The van der Waals surface area contributed by atoms with Crippen molar-refractivity contribution in [3.63, 3.8) is 0 Å². The van der Waals surface area contributed by atoms with Crippen LogP contribution in [0, 0.1) is 0 Å². The number of nitrogens with one attached hydrogen (secondary N) is 1. The van der Waals surface area contributed by atoms with E-state index in [0.717, 1.165) is 6.54 Å². The van der Waals surface area contributed by atoms with Gasteiger partial charge in [-0.2, -0.15) is 0 Å². The van der Waals surface area contributed by atoms with E-state index in [9.17, 15) is 0 Å². The average Bonchev–Trinajstić information content (AvgIpc) is 2.56. The fourth-order valence-electron chi connectivity index (χ4n) is 1.10. The maximum absolute atomic E-state index is 2.93. The number of rotatable bonds is 2. The molecule has 0 bridgehead atoms. The first-order valence-corrected chi connectivity index (χ1v) is 4.72. The minimum atomic E-state index is 1.07. The average molecular weight is 158 g/mol. The number of hydrogen-bond acceptors (Lipinski definition) is 2. The van der Waals surface area contributed by atoms with Crippen LogP contribution in [-0.4, -0.2) is 38.1 Å². The lowest BCUT2D eigenvalue weighted by atomic mass is 10.4. The van der Waals surface area contributed by atoms with Crippen LogP contribution in [-0.2, 0) is 0 Å². The van der Waals surface area contributed by atoms with Gasteiger partial charge in [0.15, 0.2) is 0 Å². The molecule has 0 atom stereocenters. The molecule has 0 saturated carbocycles. The standard InChI is InChI=1S/C6H13N.C3H9N/c1-2-7-5-3-4-6-7;1-3-4-2/h2-6H2,1H3;4H,3H2,1-2H3. The van der Waals surface area contributed by atoms with Gasteiger partial charge in [-0.25, -0.2) is 0 Å². The molecule has 0 spiro atoms. The van der Waals surface area contributed by atoms with Gasteiger partial charge in [-0.1, -0.05) is 13.8 Å². The third-order valence-corrected chi connectivity index (χ3v) is 2.00. The molecule has 0 unspecified atom stereocenters. The van der Waals surface area contributed by atoms with Gasteiger partial charge < -0.3 is 10.2 Å². The van der Waals surface area contributed by atoms with Crippen molar-refractivity contribution in [2.75, 3.05) is 33.2 Å². The molecule has 68 valence electrons. The fourth-order valence-corrected chi connectivity index (χ4v) is 1.10. The van der Waals surface area contributed by atoms with Gasteiger partial charge in [0, 0.05) is 0 Å². The molecule has 11 heavy (non-hydrogen) atoms. The summed E-state index contributed by atoms with van der Waals surface area (Å²) in [4.78, 5) is 2.49. The van der Waals surface area contributed by atoms with Crippen molar-refractivity contribution in [3.05, 3.63) is 0 Å². The molecule has 1 aliphatic heterocycles. The molecule has 1 rings (SSSR count). The fraction of sp³-hybridized carbons (Fsp3) is 1.00. The van der Waals surface area contributed by atoms with Crippen LogP contribution in [0.5, 0.6) is 0 Å². The summed E-state index contributed by atoms with van der Waals surface area (Å²) in [6.45, 7) is 9.30. The molecule has 0 aliphatic carbocycles. The smallest absolute Gasteiger partial charge is 0.00184 e. The van der Waals surface area contributed by atoms with E-state index < -0.39 is 0 Å². The molecule has 1 fully saturated rings. The first-order chi connectivity index (χ1) is 5.35. The zero-order valence-electron chi connectivity index (χ0n) is 8.19. The lowest BCUT2D eigenvalue weighted by molar-refractivity contribution is 0.359. The van der Waals surface area contributed by atoms with Gasteiger partial charge in [0.05, 0.1) is 0 Å². The normalized spacial score (nSPS) is 17.7. The van der Waals surface area contributed by atoms with E-state index in [1.54, 1.807) is 0 Å². The van der Waals surface area contributed by atoms with E-state index in [1.807, 2.05) is 7.05 Å². The predicted octanol–water partition coefficient (Wildman–Crippen LogP) is 1.33. The van der Waals surface area contributed by atoms with Crippen LogP contribution in [0.3, 0.4) is 0 Å². The van der Waals surface area contributed by atoms with E-state index in [-0.39, 0.29) is 0 Å². The van der Waals surface area contributed by atoms with Crippen LogP contribution in [0.2, 0.25) is 0 Å². The summed E-state index contributed by atoms with van der Waals surface area (Å²) in [5.74, 6) is 0. The minimum Gasteiger partial charge on any atom is -0.320 e. The second-order valence-corrected chi connectivity index (χ2v) is 2.85. The SMILES string of the molecule is CCN1CCCC1.CCNC. The third-order valence-electron chi connectivity index (χ3n) is 2.00. The van der Waals surface area contributed by atoms with Gasteiger partial charge in [0.25, 0.3) is 0 Å². The summed E-state index contributed by atoms with van der Waals surface area (Å²) < 4.78 is 0. The summed E-state index contributed by atoms with van der Waals surface area (Å²) in [6, 6.07) is 0. The Hall–Kier alpha value is -0.0800. The van der Waals surface area contributed by atoms with Crippen molar-refractivity contribution in [2.45, 2.75) is 26.7 Å². The highest BCUT2D eigenvalue weighted by atomic mass is 15.1. The lowest BCUT2D eigenvalue weighted by Gasteiger charge is -2.08. The molecule has 0 aromatic carbocycles. The molecule has 0 radical (unpaired) electrons. The summed E-state index contributed by atoms with van der Waals surface area (Å²) in [5, 5.41) is 2.93. The maximum Gasteiger partial charge on any atom is -0.00184 e. The molecule has 1 heterocycles. The monoisotopic (exact) mass is 158 g/mol. The van der Waals surface area contributed by atoms with Crippen molar-refractivity contribution < 1.29 is 0 Å². The van der Waals surface area contributed by atoms with E-state index in [0.29, 0.717) is 0 Å². The minimum absolute atomic E-state index is 1.07. The molecular formula is C9H22N2. The second-order valence-electron chi connectivity index (χ2n) is 2.85. The Kier molecular flexibility index (Phi) is 7.96. The van der Waals surface area contributed by atoms with Crippen LogP contribution in [0.1, 0.15) is 26.7 Å². The summed E-state index contributed by atoms with van der Waals surface area (Å²) in [7, 11) is 1.93. The molecule has 0 aromatic rings. The molecule has 1 N–H and O–H groups in total. The summed E-state index contributed by atoms with van der Waals surface area (Å²) in [6.07, 6.45) is 2.85. The van der Waals surface area contributed by atoms with Crippen molar-refractivity contribution in [2.24, 2.45) is 0 Å². The van der Waals surface area contributed by atoms with E-state index in [4.69, 9.17) is 0 Å². The molecular weight excluding hydrogens is 136 g/mol. The van der Waals surface area contributed by atoms with Crippen molar-refractivity contribution >= 4 is 0 Å². The van der Waals surface area contributed by atoms with Gasteiger partial charge in [0.2, 0.25) is 0 Å². The van der Waals surface area contributed by atoms with Crippen LogP contribution < -0.4 is 5.32 Å². The predicted molar refractivity (Wildman–Crippen MR) is 50.9 cm³/mol. The second kappa shape index (κ2) is 8.02. The highest BCUT2D eigenvalue weighted by Crippen LogP contribution is 2.04. The van der Waals surface area contributed by atoms with Gasteiger partial charge in [0.1, 0.15) is 0 Å². The Morgan fingerprint density at radius 1 is 1.18 bits per heavy atom. The van der Waals surface area contributed by atoms with Gasteiger partial charge in [-0.3, -0.25) is 0 Å². The zero-order chi connectivity index (χ0) is 8.53. The van der Waals surface area contributed by atoms with Crippen LogP contribution >= 0.6 is 0 Å². The maximum atomic E-state index is 2.93. The number of hydrogen-bond donors (Lipinski definition) is 1. The topological polar surface area (TPSA) is 15.3 Å². The molecule has 1 aliphatic rings. The molecule has 2 heteroatoms. The zero-order valence-corrected chi connectivity index (χ0v) is 8.19. The molecule has 0 aromatic heterocycles. The third kappa shape index (κ3) is 6.32. The van der Waals surface area contributed by atoms with Crippen LogP contribution in [0.15, 0.2) is 0 Å². The van der Waals surface area contributed by atoms with E-state index >= 15 is 0 Å². The Labute approximate surface area is 71.0 Å².